The van der Waals surface area contributed by atoms with Gasteiger partial charge in [-0.2, -0.15) is 8.42 Å². The average Bonchev–Trinajstić information content (AvgIpc) is 2.45. The Morgan fingerprint density at radius 1 is 1.24 bits per heavy atom. The van der Waals surface area contributed by atoms with Gasteiger partial charge in [-0.15, -0.1) is 0 Å². The Balaban J connectivity index is 2.35. The summed E-state index contributed by atoms with van der Waals surface area (Å²) >= 11 is 0. The zero-order chi connectivity index (χ0) is 15.7. The van der Waals surface area contributed by atoms with Gasteiger partial charge in [-0.05, 0) is 18.4 Å². The van der Waals surface area contributed by atoms with Crippen molar-refractivity contribution >= 4 is 10.1 Å². The Kier molecular flexibility index (Phi) is 7.88. The monoisotopic (exact) mass is 316 g/mol. The summed E-state index contributed by atoms with van der Waals surface area (Å²) in [5.74, 6) is -0.250. The molecule has 120 valence electrons. The molecule has 2 atom stereocenters. The Hall–Kier alpha value is -0.950. The molecule has 6 heteroatoms. The van der Waals surface area contributed by atoms with Crippen LogP contribution in [0.5, 0.6) is 0 Å². The van der Waals surface area contributed by atoms with Crippen LogP contribution in [0.15, 0.2) is 30.3 Å². The number of benzene rings is 1. The highest BCUT2D eigenvalue weighted by molar-refractivity contribution is 7.85. The third kappa shape index (κ3) is 8.16. The number of hydrogen-bond donors (Lipinski definition) is 1. The summed E-state index contributed by atoms with van der Waals surface area (Å²) in [5.41, 5.74) is 1.08. The first-order valence-electron chi connectivity index (χ1n) is 7.06. The third-order valence-electron chi connectivity index (χ3n) is 3.20. The molecule has 1 rings (SSSR count). The first kappa shape index (κ1) is 18.1. The molecule has 1 N–H and O–H groups in total. The number of aliphatic hydroxyl groups excluding tert-OH is 1. The van der Waals surface area contributed by atoms with Crippen LogP contribution < -0.4 is 0 Å². The van der Waals surface area contributed by atoms with Crippen LogP contribution >= 0.6 is 0 Å². The SMILES string of the molecule is CCC(O)C(CCOCc1ccccc1)COS(C)(=O)=O. The van der Waals surface area contributed by atoms with Crippen molar-refractivity contribution < 1.29 is 22.4 Å². The van der Waals surface area contributed by atoms with Crippen molar-refractivity contribution in [1.82, 2.24) is 0 Å². The van der Waals surface area contributed by atoms with E-state index in [-0.39, 0.29) is 12.5 Å². The van der Waals surface area contributed by atoms with Crippen LogP contribution in [0.3, 0.4) is 0 Å². The summed E-state index contributed by atoms with van der Waals surface area (Å²) in [6.07, 6.45) is 1.52. The van der Waals surface area contributed by atoms with E-state index in [1.165, 1.54) is 0 Å². The predicted molar refractivity (Wildman–Crippen MR) is 81.3 cm³/mol. The molecule has 0 spiro atoms. The van der Waals surface area contributed by atoms with E-state index in [9.17, 15) is 13.5 Å². The lowest BCUT2D eigenvalue weighted by Crippen LogP contribution is -2.27. The average molecular weight is 316 g/mol. The minimum Gasteiger partial charge on any atom is -0.393 e. The van der Waals surface area contributed by atoms with Gasteiger partial charge in [-0.1, -0.05) is 37.3 Å². The van der Waals surface area contributed by atoms with E-state index in [0.29, 0.717) is 26.1 Å². The Bertz CT molecular complexity index is 486. The summed E-state index contributed by atoms with van der Waals surface area (Å²) < 4.78 is 32.4. The van der Waals surface area contributed by atoms with E-state index in [1.807, 2.05) is 37.3 Å². The smallest absolute Gasteiger partial charge is 0.264 e. The van der Waals surface area contributed by atoms with Crippen LogP contribution in [-0.4, -0.2) is 39.1 Å². The highest BCUT2D eigenvalue weighted by Crippen LogP contribution is 2.14. The topological polar surface area (TPSA) is 72.8 Å². The van der Waals surface area contributed by atoms with Crippen LogP contribution in [0.4, 0.5) is 0 Å². The molecule has 1 aromatic rings. The second-order valence-electron chi connectivity index (χ2n) is 5.05. The maximum Gasteiger partial charge on any atom is 0.264 e. The van der Waals surface area contributed by atoms with E-state index in [2.05, 4.69) is 0 Å². The van der Waals surface area contributed by atoms with E-state index in [4.69, 9.17) is 8.92 Å². The van der Waals surface area contributed by atoms with Crippen molar-refractivity contribution in [2.45, 2.75) is 32.5 Å². The fraction of sp³-hybridized carbons (Fsp3) is 0.600. The van der Waals surface area contributed by atoms with Gasteiger partial charge in [0.1, 0.15) is 0 Å². The Morgan fingerprint density at radius 2 is 1.90 bits per heavy atom. The molecule has 0 aliphatic heterocycles. The first-order valence-corrected chi connectivity index (χ1v) is 8.88. The Morgan fingerprint density at radius 3 is 2.48 bits per heavy atom. The maximum absolute atomic E-state index is 11.0. The van der Waals surface area contributed by atoms with E-state index < -0.39 is 16.2 Å². The first-order chi connectivity index (χ1) is 9.92. The molecule has 0 radical (unpaired) electrons. The summed E-state index contributed by atoms with van der Waals surface area (Å²) in [7, 11) is -3.49. The quantitative estimate of drug-likeness (QED) is 0.528. The number of rotatable bonds is 10. The van der Waals surface area contributed by atoms with E-state index >= 15 is 0 Å². The van der Waals surface area contributed by atoms with Crippen LogP contribution in [-0.2, 0) is 25.6 Å². The molecule has 0 saturated carbocycles. The predicted octanol–water partition coefficient (Wildman–Crippen LogP) is 1.96. The molecule has 2 unspecified atom stereocenters. The van der Waals surface area contributed by atoms with Gasteiger partial charge >= 0.3 is 0 Å². The van der Waals surface area contributed by atoms with Gasteiger partial charge in [-0.3, -0.25) is 4.18 Å². The molecule has 0 aliphatic carbocycles. The Labute approximate surface area is 127 Å². The van der Waals surface area contributed by atoms with Crippen molar-refractivity contribution in [2.24, 2.45) is 5.92 Å². The molecule has 0 saturated heterocycles. The van der Waals surface area contributed by atoms with Crippen molar-refractivity contribution in [3.63, 3.8) is 0 Å². The molecule has 21 heavy (non-hydrogen) atoms. The maximum atomic E-state index is 11.0. The van der Waals surface area contributed by atoms with Gasteiger partial charge < -0.3 is 9.84 Å². The summed E-state index contributed by atoms with van der Waals surface area (Å²) in [4.78, 5) is 0. The molecular formula is C15H24O5S. The fourth-order valence-corrected chi connectivity index (χ4v) is 2.35. The number of ether oxygens (including phenoxy) is 1. The van der Waals surface area contributed by atoms with Crippen molar-refractivity contribution in [3.05, 3.63) is 35.9 Å². The summed E-state index contributed by atoms with van der Waals surface area (Å²) in [6.45, 7) is 2.79. The largest absolute Gasteiger partial charge is 0.393 e. The van der Waals surface area contributed by atoms with Crippen molar-refractivity contribution in [2.75, 3.05) is 19.5 Å². The molecule has 0 aliphatic rings. The van der Waals surface area contributed by atoms with Crippen molar-refractivity contribution in [1.29, 1.82) is 0 Å². The lowest BCUT2D eigenvalue weighted by molar-refractivity contribution is 0.0380. The van der Waals surface area contributed by atoms with Crippen LogP contribution in [0.2, 0.25) is 0 Å². The number of aliphatic hydroxyl groups is 1. The van der Waals surface area contributed by atoms with Gasteiger partial charge in [0.2, 0.25) is 0 Å². The van der Waals surface area contributed by atoms with Crippen LogP contribution in [0.1, 0.15) is 25.3 Å². The summed E-state index contributed by atoms with van der Waals surface area (Å²) in [5, 5.41) is 9.90. The van der Waals surface area contributed by atoms with Gasteiger partial charge in [-0.25, -0.2) is 0 Å². The lowest BCUT2D eigenvalue weighted by atomic mass is 9.98. The van der Waals surface area contributed by atoms with Gasteiger partial charge in [0, 0.05) is 12.5 Å². The minimum atomic E-state index is -3.49. The zero-order valence-corrected chi connectivity index (χ0v) is 13.4. The number of hydrogen-bond acceptors (Lipinski definition) is 5. The highest BCUT2D eigenvalue weighted by atomic mass is 32.2. The van der Waals surface area contributed by atoms with E-state index in [0.717, 1.165) is 11.8 Å². The van der Waals surface area contributed by atoms with Gasteiger partial charge in [0.05, 0.1) is 25.6 Å². The van der Waals surface area contributed by atoms with Crippen molar-refractivity contribution in [3.8, 4) is 0 Å². The highest BCUT2D eigenvalue weighted by Gasteiger charge is 2.20. The minimum absolute atomic E-state index is 0.0114. The normalized spacial score (nSPS) is 14.8. The lowest BCUT2D eigenvalue weighted by Gasteiger charge is -2.21. The summed E-state index contributed by atoms with van der Waals surface area (Å²) in [6, 6.07) is 9.79. The van der Waals surface area contributed by atoms with E-state index in [1.54, 1.807) is 0 Å². The van der Waals surface area contributed by atoms with Gasteiger partial charge in [0.15, 0.2) is 0 Å². The fourth-order valence-electron chi connectivity index (χ4n) is 1.93. The second-order valence-corrected chi connectivity index (χ2v) is 6.70. The molecule has 5 nitrogen and oxygen atoms in total. The van der Waals surface area contributed by atoms with Crippen LogP contribution in [0, 0.1) is 5.92 Å². The molecule has 0 amide bonds. The molecule has 0 aromatic heterocycles. The third-order valence-corrected chi connectivity index (χ3v) is 3.77. The molecule has 0 bridgehead atoms. The standard InChI is InChI=1S/C15H24O5S/c1-3-15(16)14(12-20-21(2,17)18)9-10-19-11-13-7-5-4-6-8-13/h4-8,14-16H,3,9-12H2,1-2H3. The zero-order valence-electron chi connectivity index (χ0n) is 12.6. The van der Waals surface area contributed by atoms with Crippen LogP contribution in [0.25, 0.3) is 0 Å². The molecule has 1 aromatic carbocycles. The van der Waals surface area contributed by atoms with Gasteiger partial charge in [0.25, 0.3) is 10.1 Å². The second kappa shape index (κ2) is 9.15. The molecular weight excluding hydrogens is 292 g/mol. The molecule has 0 heterocycles. The molecule has 0 fully saturated rings.